The zero-order valence-corrected chi connectivity index (χ0v) is 11.0. The number of amidine groups is 1. The fourth-order valence-electron chi connectivity index (χ4n) is 2.51. The average Bonchev–Trinajstić information content (AvgIpc) is 2.49. The molecule has 0 radical (unpaired) electrons. The molecule has 2 heterocycles. The molecule has 1 aliphatic heterocycles. The Kier molecular flexibility index (Phi) is 3.40. The third-order valence-electron chi connectivity index (χ3n) is 3.55. The van der Waals surface area contributed by atoms with Gasteiger partial charge in [-0.2, -0.15) is 0 Å². The summed E-state index contributed by atoms with van der Waals surface area (Å²) in [6.45, 7) is 0.783. The Morgan fingerprint density at radius 3 is 2.84 bits per heavy atom. The molecule has 0 unspecified atom stereocenters. The number of rotatable bonds is 2. The van der Waals surface area contributed by atoms with Gasteiger partial charge in [0.2, 0.25) is 0 Å². The topological polar surface area (TPSA) is 63.6 Å². The van der Waals surface area contributed by atoms with Crippen LogP contribution in [0.3, 0.4) is 0 Å². The molecule has 0 aromatic carbocycles. The predicted molar refractivity (Wildman–Crippen MR) is 79.6 cm³/mol. The van der Waals surface area contributed by atoms with Gasteiger partial charge < -0.3 is 5.73 Å². The first kappa shape index (κ1) is 12.1. The Bertz CT molecular complexity index is 570. The molecule has 1 aromatic heterocycles. The van der Waals surface area contributed by atoms with Gasteiger partial charge in [0, 0.05) is 25.4 Å². The van der Waals surface area contributed by atoms with Crippen molar-refractivity contribution in [3.63, 3.8) is 0 Å². The van der Waals surface area contributed by atoms with Crippen molar-refractivity contribution in [3.05, 3.63) is 29.5 Å². The number of allylic oxidation sites excluding steroid dienone is 2. The summed E-state index contributed by atoms with van der Waals surface area (Å²) >= 11 is 0. The third-order valence-corrected chi connectivity index (χ3v) is 3.55. The molecule has 4 heteroatoms. The van der Waals surface area contributed by atoms with Crippen LogP contribution in [0.5, 0.6) is 0 Å². The number of aromatic nitrogens is 1. The maximum Gasteiger partial charge on any atom is 0.157 e. The SMILES string of the molecule is Nc1ncc(C2=CCCCC2)cc1C1=NCCC=N1. The molecule has 0 fully saturated rings. The predicted octanol–water partition coefficient (Wildman–Crippen LogP) is 2.84. The number of hydrogen-bond donors (Lipinski definition) is 1. The van der Waals surface area contributed by atoms with Crippen molar-refractivity contribution in [2.75, 3.05) is 12.3 Å². The van der Waals surface area contributed by atoms with Gasteiger partial charge in [-0.1, -0.05) is 6.08 Å². The maximum atomic E-state index is 5.96. The quantitative estimate of drug-likeness (QED) is 0.882. The lowest BCUT2D eigenvalue weighted by Gasteiger charge is -2.15. The van der Waals surface area contributed by atoms with Crippen molar-refractivity contribution in [2.45, 2.75) is 32.1 Å². The third kappa shape index (κ3) is 2.57. The summed E-state index contributed by atoms with van der Waals surface area (Å²) in [7, 11) is 0. The van der Waals surface area contributed by atoms with Gasteiger partial charge in [-0.15, -0.1) is 0 Å². The molecule has 3 rings (SSSR count). The largest absolute Gasteiger partial charge is 0.383 e. The monoisotopic (exact) mass is 254 g/mol. The van der Waals surface area contributed by atoms with Crippen LogP contribution in [-0.4, -0.2) is 23.6 Å². The molecule has 1 aromatic rings. The van der Waals surface area contributed by atoms with Crippen LogP contribution >= 0.6 is 0 Å². The molecule has 0 atom stereocenters. The van der Waals surface area contributed by atoms with Crippen LogP contribution in [0.1, 0.15) is 43.2 Å². The van der Waals surface area contributed by atoms with Crippen LogP contribution in [0, 0.1) is 0 Å². The number of anilines is 1. The summed E-state index contributed by atoms with van der Waals surface area (Å²) in [5.74, 6) is 1.23. The zero-order chi connectivity index (χ0) is 13.1. The minimum absolute atomic E-state index is 0.512. The van der Waals surface area contributed by atoms with Gasteiger partial charge in [0.25, 0.3) is 0 Å². The lowest BCUT2D eigenvalue weighted by molar-refractivity contribution is 0.741. The molecular formula is C15H18N4. The normalized spacial score (nSPS) is 18.9. The van der Waals surface area contributed by atoms with Crippen molar-refractivity contribution >= 4 is 23.4 Å². The average molecular weight is 254 g/mol. The van der Waals surface area contributed by atoms with E-state index in [1.54, 1.807) is 0 Å². The van der Waals surface area contributed by atoms with Gasteiger partial charge in [-0.3, -0.25) is 4.99 Å². The van der Waals surface area contributed by atoms with Crippen LogP contribution in [0.15, 0.2) is 28.3 Å². The summed E-state index contributed by atoms with van der Waals surface area (Å²) in [6.07, 6.45) is 11.8. The lowest BCUT2D eigenvalue weighted by atomic mass is 9.94. The van der Waals surface area contributed by atoms with Crippen LogP contribution in [0.4, 0.5) is 5.82 Å². The number of nitrogens with two attached hydrogens (primary N) is 1. The van der Waals surface area contributed by atoms with Gasteiger partial charge in [0.15, 0.2) is 5.84 Å². The van der Waals surface area contributed by atoms with E-state index in [0.717, 1.165) is 42.8 Å². The van der Waals surface area contributed by atoms with E-state index in [1.165, 1.54) is 18.4 Å². The first-order chi connectivity index (χ1) is 9.34. The first-order valence-electron chi connectivity index (χ1n) is 6.87. The highest BCUT2D eigenvalue weighted by atomic mass is 15.0. The number of hydrogen-bond acceptors (Lipinski definition) is 4. The Balaban J connectivity index is 1.98. The first-order valence-corrected chi connectivity index (χ1v) is 6.87. The molecule has 0 spiro atoms. The molecular weight excluding hydrogens is 236 g/mol. The fourth-order valence-corrected chi connectivity index (χ4v) is 2.51. The standard InChI is InChI=1S/C15H18N4/c16-14-13(15-17-7-4-8-18-15)9-12(10-19-14)11-5-2-1-3-6-11/h5,7,9-10H,1-4,6,8H2,(H2,16,19). The van der Waals surface area contributed by atoms with Crippen LogP contribution in [0.2, 0.25) is 0 Å². The highest BCUT2D eigenvalue weighted by Gasteiger charge is 2.13. The second-order valence-electron chi connectivity index (χ2n) is 4.94. The number of pyridine rings is 1. The highest BCUT2D eigenvalue weighted by Crippen LogP contribution is 2.28. The van der Waals surface area contributed by atoms with Crippen molar-refractivity contribution in [3.8, 4) is 0 Å². The molecule has 0 saturated carbocycles. The minimum atomic E-state index is 0.512. The van der Waals surface area contributed by atoms with Crippen molar-refractivity contribution in [1.82, 2.24) is 4.98 Å². The fraction of sp³-hybridized carbons (Fsp3) is 0.400. The van der Waals surface area contributed by atoms with Crippen LogP contribution in [-0.2, 0) is 0 Å². The van der Waals surface area contributed by atoms with E-state index in [1.807, 2.05) is 12.4 Å². The Morgan fingerprint density at radius 1 is 1.16 bits per heavy atom. The van der Waals surface area contributed by atoms with E-state index in [2.05, 4.69) is 27.1 Å². The maximum absolute atomic E-state index is 5.96. The highest BCUT2D eigenvalue weighted by molar-refractivity contribution is 6.07. The molecule has 98 valence electrons. The second kappa shape index (κ2) is 5.34. The molecule has 1 aliphatic carbocycles. The van der Waals surface area contributed by atoms with E-state index < -0.39 is 0 Å². The van der Waals surface area contributed by atoms with Gasteiger partial charge >= 0.3 is 0 Å². The van der Waals surface area contributed by atoms with Crippen molar-refractivity contribution in [2.24, 2.45) is 9.98 Å². The van der Waals surface area contributed by atoms with E-state index in [-0.39, 0.29) is 0 Å². The van der Waals surface area contributed by atoms with Crippen LogP contribution in [0.25, 0.3) is 5.57 Å². The minimum Gasteiger partial charge on any atom is -0.383 e. The van der Waals surface area contributed by atoms with Gasteiger partial charge in [-0.05, 0) is 42.9 Å². The molecule has 19 heavy (non-hydrogen) atoms. The second-order valence-corrected chi connectivity index (χ2v) is 4.94. The number of nitrogens with zero attached hydrogens (tertiary/aromatic N) is 3. The summed E-state index contributed by atoms with van der Waals surface area (Å²) < 4.78 is 0. The van der Waals surface area contributed by atoms with E-state index in [9.17, 15) is 0 Å². The van der Waals surface area contributed by atoms with Gasteiger partial charge in [0.1, 0.15) is 5.82 Å². The Morgan fingerprint density at radius 2 is 2.11 bits per heavy atom. The summed E-state index contributed by atoms with van der Waals surface area (Å²) in [5, 5.41) is 0. The zero-order valence-electron chi connectivity index (χ0n) is 11.0. The molecule has 0 amide bonds. The number of nitrogen functional groups attached to an aromatic ring is 1. The Hall–Kier alpha value is -1.97. The Labute approximate surface area is 113 Å². The summed E-state index contributed by atoms with van der Waals surface area (Å²) in [4.78, 5) is 13.1. The van der Waals surface area contributed by atoms with Gasteiger partial charge in [-0.25, -0.2) is 9.98 Å². The molecule has 4 nitrogen and oxygen atoms in total. The number of aliphatic imine (C=N–C) groups is 2. The molecule has 0 bridgehead atoms. The van der Waals surface area contributed by atoms with Crippen LogP contribution < -0.4 is 5.73 Å². The van der Waals surface area contributed by atoms with E-state index in [0.29, 0.717) is 5.82 Å². The molecule has 2 aliphatic rings. The van der Waals surface area contributed by atoms with Crippen molar-refractivity contribution < 1.29 is 0 Å². The molecule has 0 saturated heterocycles. The summed E-state index contributed by atoms with van der Waals surface area (Å²) in [5.41, 5.74) is 9.36. The summed E-state index contributed by atoms with van der Waals surface area (Å²) in [6, 6.07) is 2.08. The smallest absolute Gasteiger partial charge is 0.157 e. The molecule has 2 N–H and O–H groups in total. The van der Waals surface area contributed by atoms with Crippen molar-refractivity contribution in [1.29, 1.82) is 0 Å². The van der Waals surface area contributed by atoms with E-state index >= 15 is 0 Å². The lowest BCUT2D eigenvalue weighted by Crippen LogP contribution is -2.10. The van der Waals surface area contributed by atoms with E-state index in [4.69, 9.17) is 5.73 Å². The van der Waals surface area contributed by atoms with Gasteiger partial charge in [0.05, 0.1) is 5.56 Å².